The van der Waals surface area contributed by atoms with Crippen LogP contribution >= 0.6 is 11.6 Å². The van der Waals surface area contributed by atoms with Crippen LogP contribution in [0.4, 0.5) is 5.82 Å². The van der Waals surface area contributed by atoms with Crippen molar-refractivity contribution in [3.63, 3.8) is 0 Å². The SMILES string of the molecule is CCC(C)Nc1cnc(C(=O)NCCc2ccc(Cl)cc2)cn1. The molecule has 0 saturated carbocycles. The summed E-state index contributed by atoms with van der Waals surface area (Å²) < 4.78 is 0. The third-order valence-corrected chi connectivity index (χ3v) is 3.76. The largest absolute Gasteiger partial charge is 0.366 e. The Balaban J connectivity index is 1.82. The minimum absolute atomic E-state index is 0.221. The number of benzene rings is 1. The van der Waals surface area contributed by atoms with Crippen LogP contribution in [0.3, 0.4) is 0 Å². The number of halogens is 1. The van der Waals surface area contributed by atoms with Crippen molar-refractivity contribution >= 4 is 23.3 Å². The predicted octanol–water partition coefficient (Wildman–Crippen LogP) is 3.31. The molecule has 0 saturated heterocycles. The zero-order valence-electron chi connectivity index (χ0n) is 13.3. The van der Waals surface area contributed by atoms with E-state index in [4.69, 9.17) is 11.6 Å². The third-order valence-electron chi connectivity index (χ3n) is 3.50. The van der Waals surface area contributed by atoms with Gasteiger partial charge in [-0.15, -0.1) is 0 Å². The summed E-state index contributed by atoms with van der Waals surface area (Å²) in [6.45, 7) is 4.70. The maximum absolute atomic E-state index is 12.0. The monoisotopic (exact) mass is 332 g/mol. The number of carbonyl (C=O) groups is 1. The first-order chi connectivity index (χ1) is 11.1. The molecule has 0 fully saturated rings. The minimum Gasteiger partial charge on any atom is -0.366 e. The van der Waals surface area contributed by atoms with Crippen molar-refractivity contribution in [2.45, 2.75) is 32.7 Å². The summed E-state index contributed by atoms with van der Waals surface area (Å²) in [4.78, 5) is 20.4. The second kappa shape index (κ2) is 8.48. The number of hydrogen-bond acceptors (Lipinski definition) is 4. The summed E-state index contributed by atoms with van der Waals surface area (Å²) >= 11 is 5.84. The van der Waals surface area contributed by atoms with Gasteiger partial charge in [0.2, 0.25) is 0 Å². The average molecular weight is 333 g/mol. The smallest absolute Gasteiger partial charge is 0.271 e. The Labute approximate surface area is 141 Å². The van der Waals surface area contributed by atoms with E-state index < -0.39 is 0 Å². The van der Waals surface area contributed by atoms with Gasteiger partial charge in [0.05, 0.1) is 12.4 Å². The topological polar surface area (TPSA) is 66.9 Å². The molecule has 0 bridgehead atoms. The molecule has 0 aliphatic carbocycles. The summed E-state index contributed by atoms with van der Waals surface area (Å²) in [5.41, 5.74) is 1.43. The van der Waals surface area contributed by atoms with E-state index in [0.29, 0.717) is 29.1 Å². The zero-order valence-corrected chi connectivity index (χ0v) is 14.1. The predicted molar refractivity (Wildman–Crippen MR) is 92.9 cm³/mol. The molecule has 0 aliphatic heterocycles. The van der Waals surface area contributed by atoms with Gasteiger partial charge in [0.1, 0.15) is 11.5 Å². The molecule has 0 aliphatic rings. The van der Waals surface area contributed by atoms with Gasteiger partial charge in [0, 0.05) is 17.6 Å². The van der Waals surface area contributed by atoms with E-state index in [1.807, 2.05) is 24.3 Å². The molecule has 1 aromatic carbocycles. The Morgan fingerprint density at radius 3 is 2.57 bits per heavy atom. The van der Waals surface area contributed by atoms with Crippen molar-refractivity contribution in [2.24, 2.45) is 0 Å². The fraction of sp³-hybridized carbons (Fsp3) is 0.353. The van der Waals surface area contributed by atoms with Crippen molar-refractivity contribution in [1.29, 1.82) is 0 Å². The molecular formula is C17H21ClN4O. The third kappa shape index (κ3) is 5.53. The Morgan fingerprint density at radius 1 is 1.22 bits per heavy atom. The molecular weight excluding hydrogens is 312 g/mol. The maximum Gasteiger partial charge on any atom is 0.271 e. The molecule has 23 heavy (non-hydrogen) atoms. The first-order valence-electron chi connectivity index (χ1n) is 7.69. The second-order valence-corrected chi connectivity index (χ2v) is 5.81. The van der Waals surface area contributed by atoms with E-state index >= 15 is 0 Å². The van der Waals surface area contributed by atoms with Crippen LogP contribution < -0.4 is 10.6 Å². The molecule has 122 valence electrons. The lowest BCUT2D eigenvalue weighted by molar-refractivity contribution is 0.0949. The molecule has 1 heterocycles. The van der Waals surface area contributed by atoms with E-state index in [0.717, 1.165) is 18.4 Å². The lowest BCUT2D eigenvalue weighted by Crippen LogP contribution is -2.26. The number of aromatic nitrogens is 2. The highest BCUT2D eigenvalue weighted by molar-refractivity contribution is 6.30. The zero-order chi connectivity index (χ0) is 16.7. The highest BCUT2D eigenvalue weighted by Crippen LogP contribution is 2.09. The van der Waals surface area contributed by atoms with Gasteiger partial charge in [-0.2, -0.15) is 0 Å². The molecule has 2 aromatic rings. The number of anilines is 1. The fourth-order valence-corrected chi connectivity index (χ4v) is 2.06. The summed E-state index contributed by atoms with van der Waals surface area (Å²) in [7, 11) is 0. The number of hydrogen-bond donors (Lipinski definition) is 2. The van der Waals surface area contributed by atoms with E-state index in [9.17, 15) is 4.79 Å². The number of nitrogens with zero attached hydrogens (tertiary/aromatic N) is 2. The Kier molecular flexibility index (Phi) is 6.35. The van der Waals surface area contributed by atoms with Crippen LogP contribution in [0.5, 0.6) is 0 Å². The van der Waals surface area contributed by atoms with E-state index in [1.165, 1.54) is 6.20 Å². The minimum atomic E-state index is -0.221. The van der Waals surface area contributed by atoms with Gasteiger partial charge >= 0.3 is 0 Å². The van der Waals surface area contributed by atoms with Gasteiger partial charge < -0.3 is 10.6 Å². The average Bonchev–Trinajstić information content (AvgIpc) is 2.57. The number of rotatable bonds is 7. The van der Waals surface area contributed by atoms with E-state index in [2.05, 4.69) is 34.4 Å². The Morgan fingerprint density at radius 2 is 1.96 bits per heavy atom. The van der Waals surface area contributed by atoms with Crippen LogP contribution in [0.25, 0.3) is 0 Å². The van der Waals surface area contributed by atoms with Crippen molar-refractivity contribution in [2.75, 3.05) is 11.9 Å². The van der Waals surface area contributed by atoms with Crippen LogP contribution in [-0.2, 0) is 6.42 Å². The molecule has 1 atom stereocenters. The summed E-state index contributed by atoms with van der Waals surface area (Å²) in [6, 6.07) is 7.90. The van der Waals surface area contributed by atoms with E-state index in [-0.39, 0.29) is 5.91 Å². The molecule has 1 amide bonds. The van der Waals surface area contributed by atoms with E-state index in [1.54, 1.807) is 6.20 Å². The molecule has 1 unspecified atom stereocenters. The summed E-state index contributed by atoms with van der Waals surface area (Å²) in [5, 5.41) is 6.76. The van der Waals surface area contributed by atoms with Crippen molar-refractivity contribution in [1.82, 2.24) is 15.3 Å². The van der Waals surface area contributed by atoms with Crippen molar-refractivity contribution < 1.29 is 4.79 Å². The maximum atomic E-state index is 12.0. The summed E-state index contributed by atoms with van der Waals surface area (Å²) in [6.07, 6.45) is 4.81. The molecule has 5 nitrogen and oxygen atoms in total. The Hall–Kier alpha value is -2.14. The molecule has 6 heteroatoms. The highest BCUT2D eigenvalue weighted by Gasteiger charge is 2.08. The van der Waals surface area contributed by atoms with Gasteiger partial charge in [0.15, 0.2) is 0 Å². The Bertz CT molecular complexity index is 628. The van der Waals surface area contributed by atoms with Crippen molar-refractivity contribution in [3.8, 4) is 0 Å². The molecule has 1 aromatic heterocycles. The lowest BCUT2D eigenvalue weighted by atomic mass is 10.1. The fourth-order valence-electron chi connectivity index (χ4n) is 1.94. The van der Waals surface area contributed by atoms with Crippen LogP contribution in [0.15, 0.2) is 36.7 Å². The second-order valence-electron chi connectivity index (χ2n) is 5.37. The van der Waals surface area contributed by atoms with Crippen LogP contribution in [0.2, 0.25) is 5.02 Å². The quantitative estimate of drug-likeness (QED) is 0.816. The van der Waals surface area contributed by atoms with Gasteiger partial charge in [-0.05, 0) is 37.5 Å². The number of nitrogens with one attached hydrogen (secondary N) is 2. The van der Waals surface area contributed by atoms with Crippen molar-refractivity contribution in [3.05, 3.63) is 52.9 Å². The van der Waals surface area contributed by atoms with Gasteiger partial charge in [-0.1, -0.05) is 30.7 Å². The first kappa shape index (κ1) is 17.2. The highest BCUT2D eigenvalue weighted by atomic mass is 35.5. The van der Waals surface area contributed by atoms with Crippen LogP contribution in [-0.4, -0.2) is 28.5 Å². The standard InChI is InChI=1S/C17H21ClN4O/c1-3-12(2)22-16-11-20-15(10-21-16)17(23)19-9-8-13-4-6-14(18)7-5-13/h4-7,10-12H,3,8-9H2,1-2H3,(H,19,23)(H,21,22). The normalized spacial score (nSPS) is 11.8. The van der Waals surface area contributed by atoms with Gasteiger partial charge in [0.25, 0.3) is 5.91 Å². The summed E-state index contributed by atoms with van der Waals surface area (Å²) in [5.74, 6) is 0.457. The molecule has 0 radical (unpaired) electrons. The van der Waals surface area contributed by atoms with Crippen LogP contribution in [0.1, 0.15) is 36.3 Å². The number of carbonyl (C=O) groups excluding carboxylic acids is 1. The van der Waals surface area contributed by atoms with Gasteiger partial charge in [-0.3, -0.25) is 4.79 Å². The molecule has 2 rings (SSSR count). The van der Waals surface area contributed by atoms with Gasteiger partial charge in [-0.25, -0.2) is 9.97 Å². The lowest BCUT2D eigenvalue weighted by Gasteiger charge is -2.11. The van der Waals surface area contributed by atoms with Crippen LogP contribution in [0, 0.1) is 0 Å². The molecule has 0 spiro atoms. The first-order valence-corrected chi connectivity index (χ1v) is 8.07. The number of amides is 1. The molecule has 2 N–H and O–H groups in total.